The standard InChI is InChI=1S/C10H12N/c1-8-3-4-10-9(7-8)5-6-11(10)2/h3-4,7H,1,5-6H2,2H3. The Hall–Kier alpha value is -0.980. The van der Waals surface area contributed by atoms with Crippen molar-refractivity contribution in [2.45, 2.75) is 6.42 Å². The predicted molar refractivity (Wildman–Crippen MR) is 47.9 cm³/mol. The molecule has 1 radical (unpaired) electrons. The molecule has 0 atom stereocenters. The maximum absolute atomic E-state index is 3.90. The molecule has 57 valence electrons. The van der Waals surface area contributed by atoms with Crippen molar-refractivity contribution in [2.75, 3.05) is 18.5 Å². The zero-order chi connectivity index (χ0) is 7.84. The Morgan fingerprint density at radius 2 is 2.27 bits per heavy atom. The van der Waals surface area contributed by atoms with Crippen LogP contribution < -0.4 is 4.90 Å². The number of nitrogens with zero attached hydrogens (tertiary/aromatic N) is 1. The van der Waals surface area contributed by atoms with Gasteiger partial charge in [-0.2, -0.15) is 0 Å². The molecule has 0 saturated heterocycles. The molecule has 0 amide bonds. The molecule has 0 spiro atoms. The lowest BCUT2D eigenvalue weighted by Crippen LogP contribution is -2.12. The van der Waals surface area contributed by atoms with Gasteiger partial charge in [-0.05, 0) is 30.5 Å². The van der Waals surface area contributed by atoms with Gasteiger partial charge in [-0.25, -0.2) is 0 Å². The summed E-state index contributed by atoms with van der Waals surface area (Å²) in [5.41, 5.74) is 3.94. The van der Waals surface area contributed by atoms with E-state index in [1.54, 1.807) is 0 Å². The van der Waals surface area contributed by atoms with Crippen LogP contribution in [-0.4, -0.2) is 13.6 Å². The van der Waals surface area contributed by atoms with E-state index in [0.29, 0.717) is 0 Å². The van der Waals surface area contributed by atoms with Crippen molar-refractivity contribution in [2.24, 2.45) is 0 Å². The maximum Gasteiger partial charge on any atom is 0.0397 e. The van der Waals surface area contributed by atoms with Gasteiger partial charge < -0.3 is 4.90 Å². The summed E-state index contributed by atoms with van der Waals surface area (Å²) in [5, 5.41) is 0. The molecule has 1 aromatic rings. The van der Waals surface area contributed by atoms with E-state index in [2.05, 4.69) is 37.1 Å². The highest BCUT2D eigenvalue weighted by atomic mass is 15.1. The first-order valence-corrected chi connectivity index (χ1v) is 3.93. The number of hydrogen-bond donors (Lipinski definition) is 0. The van der Waals surface area contributed by atoms with Gasteiger partial charge >= 0.3 is 0 Å². The highest BCUT2D eigenvalue weighted by Crippen LogP contribution is 2.26. The van der Waals surface area contributed by atoms with Crippen LogP contribution in [0, 0.1) is 6.92 Å². The molecule has 0 aliphatic carbocycles. The molecule has 0 aromatic heterocycles. The molecule has 1 aliphatic heterocycles. The quantitative estimate of drug-likeness (QED) is 0.540. The van der Waals surface area contributed by atoms with Crippen molar-refractivity contribution in [3.8, 4) is 0 Å². The molecule has 1 aliphatic rings. The zero-order valence-electron chi connectivity index (χ0n) is 6.80. The van der Waals surface area contributed by atoms with Gasteiger partial charge in [0.25, 0.3) is 0 Å². The van der Waals surface area contributed by atoms with Crippen molar-refractivity contribution in [3.63, 3.8) is 0 Å². The molecule has 1 heteroatoms. The number of anilines is 1. The van der Waals surface area contributed by atoms with E-state index in [-0.39, 0.29) is 0 Å². The molecule has 0 fully saturated rings. The van der Waals surface area contributed by atoms with Crippen molar-refractivity contribution < 1.29 is 0 Å². The molecule has 1 aromatic carbocycles. The van der Waals surface area contributed by atoms with Gasteiger partial charge in [0.2, 0.25) is 0 Å². The molecule has 0 bridgehead atoms. The minimum atomic E-state index is 1.12. The number of likely N-dealkylation sites (N-methyl/N-ethyl adjacent to an activating group) is 1. The number of benzene rings is 1. The van der Waals surface area contributed by atoms with Gasteiger partial charge in [-0.3, -0.25) is 0 Å². The third-order valence-electron chi connectivity index (χ3n) is 2.27. The van der Waals surface area contributed by atoms with Crippen LogP contribution in [0.4, 0.5) is 5.69 Å². The van der Waals surface area contributed by atoms with E-state index >= 15 is 0 Å². The van der Waals surface area contributed by atoms with Crippen molar-refractivity contribution >= 4 is 5.69 Å². The van der Waals surface area contributed by atoms with Crippen LogP contribution in [0.15, 0.2) is 18.2 Å². The van der Waals surface area contributed by atoms with E-state index in [9.17, 15) is 0 Å². The lowest BCUT2D eigenvalue weighted by atomic mass is 10.1. The lowest BCUT2D eigenvalue weighted by molar-refractivity contribution is 0.956. The Bertz CT molecular complexity index is 278. The summed E-state index contributed by atoms with van der Waals surface area (Å²) >= 11 is 0. The summed E-state index contributed by atoms with van der Waals surface area (Å²) in [7, 11) is 2.13. The Morgan fingerprint density at radius 1 is 1.45 bits per heavy atom. The summed E-state index contributed by atoms with van der Waals surface area (Å²) < 4.78 is 0. The fourth-order valence-electron chi connectivity index (χ4n) is 1.62. The van der Waals surface area contributed by atoms with Gasteiger partial charge in [-0.1, -0.05) is 12.1 Å². The van der Waals surface area contributed by atoms with Crippen molar-refractivity contribution in [3.05, 3.63) is 36.2 Å². The van der Waals surface area contributed by atoms with Gasteiger partial charge in [0.15, 0.2) is 0 Å². The normalized spacial score (nSPS) is 15.3. The molecule has 2 rings (SSSR count). The number of fused-ring (bicyclic) bond motifs is 1. The second-order valence-electron chi connectivity index (χ2n) is 3.13. The highest BCUT2D eigenvalue weighted by Gasteiger charge is 2.14. The summed E-state index contributed by atoms with van der Waals surface area (Å²) in [5.74, 6) is 0. The van der Waals surface area contributed by atoms with Crippen LogP contribution in [0.3, 0.4) is 0 Å². The lowest BCUT2D eigenvalue weighted by Gasteiger charge is -2.11. The Labute approximate surface area is 67.6 Å². The van der Waals surface area contributed by atoms with Crippen LogP contribution in [-0.2, 0) is 6.42 Å². The average molecular weight is 146 g/mol. The summed E-state index contributed by atoms with van der Waals surface area (Å²) in [6, 6.07) is 6.41. The maximum atomic E-state index is 3.90. The first kappa shape index (κ1) is 6.71. The van der Waals surface area contributed by atoms with Gasteiger partial charge in [0.05, 0.1) is 0 Å². The number of hydrogen-bond acceptors (Lipinski definition) is 1. The molecule has 0 unspecified atom stereocenters. The minimum absolute atomic E-state index is 1.12. The van der Waals surface area contributed by atoms with E-state index in [1.807, 2.05) is 0 Å². The largest absolute Gasteiger partial charge is 0.374 e. The Morgan fingerprint density at radius 3 is 3.09 bits per heavy atom. The first-order chi connectivity index (χ1) is 5.27. The Kier molecular flexibility index (Phi) is 1.38. The van der Waals surface area contributed by atoms with E-state index in [1.165, 1.54) is 17.7 Å². The fourth-order valence-corrected chi connectivity index (χ4v) is 1.62. The molecule has 0 saturated carbocycles. The Balaban J connectivity index is 2.50. The third kappa shape index (κ3) is 1.01. The third-order valence-corrected chi connectivity index (χ3v) is 2.27. The average Bonchev–Trinajstić information content (AvgIpc) is 2.32. The molecule has 1 heterocycles. The van der Waals surface area contributed by atoms with Crippen molar-refractivity contribution in [1.29, 1.82) is 0 Å². The molecule has 1 nitrogen and oxygen atoms in total. The highest BCUT2D eigenvalue weighted by molar-refractivity contribution is 5.58. The van der Waals surface area contributed by atoms with Crippen LogP contribution in [0.5, 0.6) is 0 Å². The smallest absolute Gasteiger partial charge is 0.0397 e. The van der Waals surface area contributed by atoms with Crippen LogP contribution in [0.25, 0.3) is 0 Å². The van der Waals surface area contributed by atoms with Gasteiger partial charge in [-0.15, -0.1) is 0 Å². The molecular weight excluding hydrogens is 134 g/mol. The first-order valence-electron chi connectivity index (χ1n) is 3.93. The van der Waals surface area contributed by atoms with E-state index in [0.717, 1.165) is 12.1 Å². The fraction of sp³-hybridized carbons (Fsp3) is 0.300. The minimum Gasteiger partial charge on any atom is -0.374 e. The van der Waals surface area contributed by atoms with Crippen LogP contribution in [0.1, 0.15) is 11.1 Å². The summed E-state index contributed by atoms with van der Waals surface area (Å²) in [4.78, 5) is 2.29. The summed E-state index contributed by atoms with van der Waals surface area (Å²) in [6.45, 7) is 5.06. The van der Waals surface area contributed by atoms with Gasteiger partial charge in [0.1, 0.15) is 0 Å². The topological polar surface area (TPSA) is 3.24 Å². The predicted octanol–water partition coefficient (Wildman–Crippen LogP) is 1.86. The molecule has 0 N–H and O–H groups in total. The van der Waals surface area contributed by atoms with E-state index in [4.69, 9.17) is 0 Å². The molecular formula is C10H12N. The molecule has 11 heavy (non-hydrogen) atoms. The SMILES string of the molecule is [CH2]c1ccc2c(c1)CCN2C. The van der Waals surface area contributed by atoms with Crippen molar-refractivity contribution in [1.82, 2.24) is 0 Å². The summed E-state index contributed by atoms with van der Waals surface area (Å²) in [6.07, 6.45) is 1.18. The van der Waals surface area contributed by atoms with Crippen LogP contribution in [0.2, 0.25) is 0 Å². The second kappa shape index (κ2) is 2.26. The second-order valence-corrected chi connectivity index (χ2v) is 3.13. The monoisotopic (exact) mass is 146 g/mol. The zero-order valence-corrected chi connectivity index (χ0v) is 6.80. The van der Waals surface area contributed by atoms with Gasteiger partial charge in [0, 0.05) is 19.3 Å². The number of rotatable bonds is 0. The van der Waals surface area contributed by atoms with E-state index < -0.39 is 0 Å². The van der Waals surface area contributed by atoms with Crippen LogP contribution >= 0.6 is 0 Å².